The molecule has 0 fully saturated rings. The highest BCUT2D eigenvalue weighted by molar-refractivity contribution is 5.42. The van der Waals surface area contributed by atoms with Gasteiger partial charge in [0.25, 0.3) is 0 Å². The molecule has 0 saturated heterocycles. The van der Waals surface area contributed by atoms with E-state index in [1.165, 1.54) is 18.4 Å². The van der Waals surface area contributed by atoms with Crippen molar-refractivity contribution in [2.24, 2.45) is 0 Å². The summed E-state index contributed by atoms with van der Waals surface area (Å²) in [6.45, 7) is 6.01. The zero-order valence-corrected chi connectivity index (χ0v) is 13.6. The minimum Gasteiger partial charge on any atom is -0.370 e. The highest BCUT2D eigenvalue weighted by atomic mass is 15.1. The lowest BCUT2D eigenvalue weighted by atomic mass is 10.1. The molecule has 0 amide bonds. The van der Waals surface area contributed by atoms with E-state index < -0.39 is 0 Å². The summed E-state index contributed by atoms with van der Waals surface area (Å²) in [5.41, 5.74) is 2.31. The lowest BCUT2D eigenvalue weighted by Crippen LogP contribution is -2.10. The molecule has 4 heteroatoms. The summed E-state index contributed by atoms with van der Waals surface area (Å²) < 4.78 is 0. The molecule has 2 rings (SSSR count). The average Bonchev–Trinajstić information content (AvgIpc) is 2.52. The molecule has 0 saturated carbocycles. The molecule has 0 atom stereocenters. The van der Waals surface area contributed by atoms with Gasteiger partial charge in [0, 0.05) is 24.8 Å². The maximum Gasteiger partial charge on any atom is 0.224 e. The number of aromatic nitrogens is 2. The molecular weight excluding hydrogens is 272 g/mol. The molecule has 22 heavy (non-hydrogen) atoms. The Hall–Kier alpha value is -2.10. The molecule has 0 spiro atoms. The first kappa shape index (κ1) is 16.3. The second kappa shape index (κ2) is 9.03. The molecule has 4 nitrogen and oxygen atoms in total. The summed E-state index contributed by atoms with van der Waals surface area (Å²) >= 11 is 0. The number of nitrogens with zero attached hydrogens (tertiary/aromatic N) is 2. The van der Waals surface area contributed by atoms with Crippen LogP contribution in [0.25, 0.3) is 0 Å². The number of hydrogen-bond acceptors (Lipinski definition) is 4. The van der Waals surface area contributed by atoms with Gasteiger partial charge in [-0.1, -0.05) is 50.1 Å². The van der Waals surface area contributed by atoms with Crippen LogP contribution in [0.3, 0.4) is 0 Å². The van der Waals surface area contributed by atoms with Crippen molar-refractivity contribution in [1.29, 1.82) is 0 Å². The van der Waals surface area contributed by atoms with E-state index in [-0.39, 0.29) is 0 Å². The molecule has 0 radical (unpaired) electrons. The third kappa shape index (κ3) is 5.72. The Morgan fingerprint density at radius 3 is 2.55 bits per heavy atom. The van der Waals surface area contributed by atoms with Crippen LogP contribution in [-0.4, -0.2) is 23.1 Å². The molecule has 2 aromatic rings. The van der Waals surface area contributed by atoms with Gasteiger partial charge in [-0.2, -0.15) is 4.98 Å². The fourth-order valence-electron chi connectivity index (χ4n) is 2.29. The Bertz CT molecular complexity index is 554. The molecule has 1 aromatic heterocycles. The number of benzene rings is 1. The summed E-state index contributed by atoms with van der Waals surface area (Å²) in [6, 6.07) is 12.5. The summed E-state index contributed by atoms with van der Waals surface area (Å²) in [4.78, 5) is 8.96. The molecule has 1 heterocycles. The molecule has 1 aromatic carbocycles. The maximum atomic E-state index is 4.53. The Morgan fingerprint density at radius 1 is 0.955 bits per heavy atom. The highest BCUT2D eigenvalue weighted by Gasteiger charge is 2.02. The first-order valence-electron chi connectivity index (χ1n) is 8.15. The number of hydrogen-bond donors (Lipinski definition) is 2. The Balaban J connectivity index is 1.83. The zero-order valence-electron chi connectivity index (χ0n) is 13.6. The van der Waals surface area contributed by atoms with Crippen molar-refractivity contribution in [3.63, 3.8) is 0 Å². The normalized spacial score (nSPS) is 10.5. The minimum atomic E-state index is 0.721. The molecule has 0 aliphatic heterocycles. The van der Waals surface area contributed by atoms with Gasteiger partial charge in [-0.25, -0.2) is 4.98 Å². The third-order valence-corrected chi connectivity index (χ3v) is 3.48. The number of anilines is 2. The van der Waals surface area contributed by atoms with Crippen LogP contribution < -0.4 is 10.6 Å². The van der Waals surface area contributed by atoms with Crippen LogP contribution in [0.5, 0.6) is 0 Å². The van der Waals surface area contributed by atoms with Crippen molar-refractivity contribution in [3.8, 4) is 0 Å². The van der Waals surface area contributed by atoms with Crippen molar-refractivity contribution >= 4 is 11.8 Å². The second-order valence-electron chi connectivity index (χ2n) is 5.51. The van der Waals surface area contributed by atoms with Gasteiger partial charge in [0.2, 0.25) is 5.95 Å². The first-order valence-corrected chi connectivity index (χ1v) is 8.15. The van der Waals surface area contributed by atoms with E-state index in [4.69, 9.17) is 0 Å². The van der Waals surface area contributed by atoms with Crippen LogP contribution in [0.1, 0.15) is 37.4 Å². The van der Waals surface area contributed by atoms with E-state index in [1.807, 2.05) is 19.1 Å². The topological polar surface area (TPSA) is 49.8 Å². The number of unbranched alkanes of at least 4 members (excludes halogenated alkanes) is 2. The van der Waals surface area contributed by atoms with Gasteiger partial charge in [-0.15, -0.1) is 0 Å². The second-order valence-corrected chi connectivity index (χ2v) is 5.51. The fourth-order valence-corrected chi connectivity index (χ4v) is 2.29. The first-order chi connectivity index (χ1) is 10.8. The zero-order chi connectivity index (χ0) is 15.6. The molecule has 2 N–H and O–H groups in total. The van der Waals surface area contributed by atoms with E-state index in [0.29, 0.717) is 0 Å². The molecule has 0 aliphatic carbocycles. The smallest absolute Gasteiger partial charge is 0.224 e. The van der Waals surface area contributed by atoms with Crippen molar-refractivity contribution in [3.05, 3.63) is 47.7 Å². The van der Waals surface area contributed by atoms with Gasteiger partial charge in [0.1, 0.15) is 5.82 Å². The predicted molar refractivity (Wildman–Crippen MR) is 93.4 cm³/mol. The summed E-state index contributed by atoms with van der Waals surface area (Å²) in [5, 5.41) is 6.69. The summed E-state index contributed by atoms with van der Waals surface area (Å²) in [7, 11) is 0. The third-order valence-electron chi connectivity index (χ3n) is 3.48. The molecule has 118 valence electrons. The molecule has 0 unspecified atom stereocenters. The fraction of sp³-hybridized carbons (Fsp3) is 0.444. The number of aryl methyl sites for hydroxylation is 1. The Morgan fingerprint density at radius 2 is 1.77 bits per heavy atom. The van der Waals surface area contributed by atoms with Crippen LogP contribution in [0.15, 0.2) is 36.4 Å². The van der Waals surface area contributed by atoms with E-state index in [9.17, 15) is 0 Å². The average molecular weight is 298 g/mol. The van der Waals surface area contributed by atoms with E-state index in [2.05, 4.69) is 51.8 Å². The predicted octanol–water partition coefficient (Wildman–Crippen LogP) is 4.04. The quantitative estimate of drug-likeness (QED) is 0.686. The van der Waals surface area contributed by atoms with Gasteiger partial charge in [0.15, 0.2) is 0 Å². The molecular formula is C18H26N4. The summed E-state index contributed by atoms with van der Waals surface area (Å²) in [6.07, 6.45) is 4.61. The van der Waals surface area contributed by atoms with Crippen LogP contribution in [0.2, 0.25) is 0 Å². The Kier molecular flexibility index (Phi) is 6.68. The van der Waals surface area contributed by atoms with Crippen molar-refractivity contribution < 1.29 is 0 Å². The van der Waals surface area contributed by atoms with Gasteiger partial charge < -0.3 is 10.6 Å². The van der Waals surface area contributed by atoms with Gasteiger partial charge in [0.05, 0.1) is 0 Å². The van der Waals surface area contributed by atoms with E-state index in [0.717, 1.165) is 43.4 Å². The number of nitrogens with one attached hydrogen (secondary N) is 2. The van der Waals surface area contributed by atoms with Crippen molar-refractivity contribution in [2.45, 2.75) is 39.5 Å². The van der Waals surface area contributed by atoms with Crippen molar-refractivity contribution in [2.75, 3.05) is 23.7 Å². The maximum absolute atomic E-state index is 4.53. The highest BCUT2D eigenvalue weighted by Crippen LogP contribution is 2.10. The van der Waals surface area contributed by atoms with E-state index in [1.54, 1.807) is 0 Å². The standard InChI is InChI=1S/C18H26N4/c1-3-4-8-12-20-18-21-15(2)14-17(22-18)19-13-11-16-9-6-5-7-10-16/h5-7,9-10,14H,3-4,8,11-13H2,1-2H3,(H2,19,20,21,22). The van der Waals surface area contributed by atoms with Crippen LogP contribution >= 0.6 is 0 Å². The summed E-state index contributed by atoms with van der Waals surface area (Å²) in [5.74, 6) is 1.61. The molecule has 0 aliphatic rings. The SMILES string of the molecule is CCCCCNc1nc(C)cc(NCCc2ccccc2)n1. The minimum absolute atomic E-state index is 0.721. The van der Waals surface area contributed by atoms with Crippen LogP contribution in [-0.2, 0) is 6.42 Å². The lowest BCUT2D eigenvalue weighted by molar-refractivity contribution is 0.740. The largest absolute Gasteiger partial charge is 0.370 e. The molecule has 0 bridgehead atoms. The van der Waals surface area contributed by atoms with Gasteiger partial charge >= 0.3 is 0 Å². The van der Waals surface area contributed by atoms with Crippen LogP contribution in [0, 0.1) is 6.92 Å². The number of rotatable bonds is 9. The van der Waals surface area contributed by atoms with E-state index >= 15 is 0 Å². The Labute approximate surface area is 133 Å². The van der Waals surface area contributed by atoms with Crippen LogP contribution in [0.4, 0.5) is 11.8 Å². The van der Waals surface area contributed by atoms with Gasteiger partial charge in [-0.05, 0) is 25.3 Å². The van der Waals surface area contributed by atoms with Crippen molar-refractivity contribution in [1.82, 2.24) is 9.97 Å². The lowest BCUT2D eigenvalue weighted by Gasteiger charge is -2.10. The van der Waals surface area contributed by atoms with Gasteiger partial charge in [-0.3, -0.25) is 0 Å². The monoisotopic (exact) mass is 298 g/mol.